The highest BCUT2D eigenvalue weighted by molar-refractivity contribution is 5.66. The van der Waals surface area contributed by atoms with Gasteiger partial charge in [-0.3, -0.25) is 0 Å². The molecule has 1 atom stereocenters. The second kappa shape index (κ2) is 4.43. The molecule has 0 saturated carbocycles. The van der Waals surface area contributed by atoms with E-state index in [4.69, 9.17) is 5.73 Å². The molecule has 2 N–H and O–H groups in total. The first kappa shape index (κ1) is 9.47. The summed E-state index contributed by atoms with van der Waals surface area (Å²) in [5, 5.41) is 0. The number of rotatable bonds is 2. The predicted molar refractivity (Wildman–Crippen MR) is 60.8 cm³/mol. The average molecular weight is 187 g/mol. The Morgan fingerprint density at radius 2 is 2.00 bits per heavy atom. The fraction of sp³-hybridized carbons (Fsp3) is 0.385. The van der Waals surface area contributed by atoms with Gasteiger partial charge in [0.1, 0.15) is 0 Å². The van der Waals surface area contributed by atoms with Crippen molar-refractivity contribution < 1.29 is 0 Å². The Morgan fingerprint density at radius 1 is 1.21 bits per heavy atom. The van der Waals surface area contributed by atoms with E-state index in [1.165, 1.54) is 24.0 Å². The molecule has 0 radical (unpaired) electrons. The van der Waals surface area contributed by atoms with Crippen LogP contribution in [0.25, 0.3) is 5.57 Å². The normalized spacial score (nSPS) is 21.8. The van der Waals surface area contributed by atoms with Crippen LogP contribution in [0.2, 0.25) is 0 Å². The van der Waals surface area contributed by atoms with E-state index in [0.717, 1.165) is 13.0 Å². The molecule has 1 aliphatic rings. The first-order chi connectivity index (χ1) is 6.90. The molecule has 0 amide bonds. The van der Waals surface area contributed by atoms with Crippen LogP contribution in [0.1, 0.15) is 24.8 Å². The number of nitrogens with two attached hydrogens (primary N) is 1. The van der Waals surface area contributed by atoms with Gasteiger partial charge in [0.05, 0.1) is 0 Å². The van der Waals surface area contributed by atoms with Gasteiger partial charge in [0.15, 0.2) is 0 Å². The molecule has 1 aliphatic carbocycles. The second-order valence-electron chi connectivity index (χ2n) is 3.97. The fourth-order valence-corrected chi connectivity index (χ4v) is 2.02. The van der Waals surface area contributed by atoms with Crippen LogP contribution >= 0.6 is 0 Å². The molecule has 0 fully saturated rings. The molecule has 14 heavy (non-hydrogen) atoms. The minimum absolute atomic E-state index is 0.711. The predicted octanol–water partition coefficient (Wildman–Crippen LogP) is 2.83. The first-order valence-corrected chi connectivity index (χ1v) is 5.34. The lowest BCUT2D eigenvalue weighted by atomic mass is 9.87. The standard InChI is InChI=1S/C13H17N/c14-10-11-6-8-13(9-7-11)12-4-2-1-3-5-12/h1-5,8,11H,6-7,9-10,14H2. The SMILES string of the molecule is NCC1CC=C(c2ccccc2)CC1. The Kier molecular flexibility index (Phi) is 3.00. The number of benzene rings is 1. The molecule has 0 spiro atoms. The van der Waals surface area contributed by atoms with Gasteiger partial charge in [-0.25, -0.2) is 0 Å². The van der Waals surface area contributed by atoms with Crippen LogP contribution in [-0.4, -0.2) is 6.54 Å². The summed E-state index contributed by atoms with van der Waals surface area (Å²) in [7, 11) is 0. The summed E-state index contributed by atoms with van der Waals surface area (Å²) in [5.74, 6) is 0.711. The topological polar surface area (TPSA) is 26.0 Å². The molecule has 2 rings (SSSR count). The van der Waals surface area contributed by atoms with E-state index in [1.54, 1.807) is 0 Å². The average Bonchev–Trinajstić information content (AvgIpc) is 2.30. The Bertz CT molecular complexity index is 313. The zero-order valence-corrected chi connectivity index (χ0v) is 8.45. The summed E-state index contributed by atoms with van der Waals surface area (Å²) in [5.41, 5.74) is 8.53. The van der Waals surface area contributed by atoms with Crippen LogP contribution in [0.3, 0.4) is 0 Å². The molecule has 0 aromatic heterocycles. The lowest BCUT2D eigenvalue weighted by Gasteiger charge is -2.20. The molecule has 0 heterocycles. The van der Waals surface area contributed by atoms with Crippen LogP contribution < -0.4 is 5.73 Å². The van der Waals surface area contributed by atoms with Crippen LogP contribution in [0.4, 0.5) is 0 Å². The van der Waals surface area contributed by atoms with Crippen LogP contribution in [0.5, 0.6) is 0 Å². The Morgan fingerprint density at radius 3 is 2.57 bits per heavy atom. The van der Waals surface area contributed by atoms with Crippen LogP contribution in [0, 0.1) is 5.92 Å². The van der Waals surface area contributed by atoms with Crippen molar-refractivity contribution in [1.29, 1.82) is 0 Å². The third kappa shape index (κ3) is 2.05. The van der Waals surface area contributed by atoms with Crippen molar-refractivity contribution in [3.63, 3.8) is 0 Å². The summed E-state index contributed by atoms with van der Waals surface area (Å²) in [6, 6.07) is 10.6. The number of allylic oxidation sites excluding steroid dienone is 2. The summed E-state index contributed by atoms with van der Waals surface area (Å²) in [6.07, 6.45) is 5.94. The van der Waals surface area contributed by atoms with Gasteiger partial charge in [0, 0.05) is 0 Å². The van der Waals surface area contributed by atoms with Gasteiger partial charge < -0.3 is 5.73 Å². The van der Waals surface area contributed by atoms with Crippen molar-refractivity contribution in [2.75, 3.05) is 6.54 Å². The van der Waals surface area contributed by atoms with E-state index >= 15 is 0 Å². The van der Waals surface area contributed by atoms with Gasteiger partial charge >= 0.3 is 0 Å². The Labute approximate surface area is 85.6 Å². The van der Waals surface area contributed by atoms with Gasteiger partial charge in [-0.2, -0.15) is 0 Å². The Hall–Kier alpha value is -1.08. The zero-order valence-electron chi connectivity index (χ0n) is 8.45. The van der Waals surface area contributed by atoms with E-state index in [-0.39, 0.29) is 0 Å². The van der Waals surface area contributed by atoms with Gasteiger partial charge in [-0.05, 0) is 42.9 Å². The molecular weight excluding hydrogens is 170 g/mol. The highest BCUT2D eigenvalue weighted by atomic mass is 14.5. The molecule has 0 aliphatic heterocycles. The molecule has 0 saturated heterocycles. The summed E-state index contributed by atoms with van der Waals surface area (Å²) >= 11 is 0. The quantitative estimate of drug-likeness (QED) is 0.757. The van der Waals surface area contributed by atoms with Crippen molar-refractivity contribution in [2.24, 2.45) is 11.7 Å². The summed E-state index contributed by atoms with van der Waals surface area (Å²) in [4.78, 5) is 0. The maximum atomic E-state index is 5.66. The molecule has 1 unspecified atom stereocenters. The molecule has 0 bridgehead atoms. The van der Waals surface area contributed by atoms with Crippen LogP contribution in [0.15, 0.2) is 36.4 Å². The van der Waals surface area contributed by atoms with E-state index in [9.17, 15) is 0 Å². The lowest BCUT2D eigenvalue weighted by Crippen LogP contribution is -2.16. The van der Waals surface area contributed by atoms with Gasteiger partial charge in [-0.1, -0.05) is 36.4 Å². The lowest BCUT2D eigenvalue weighted by molar-refractivity contribution is 0.497. The van der Waals surface area contributed by atoms with Crippen molar-refractivity contribution in [1.82, 2.24) is 0 Å². The maximum absolute atomic E-state index is 5.66. The molecule has 1 aromatic rings. The van der Waals surface area contributed by atoms with Crippen LogP contribution in [-0.2, 0) is 0 Å². The van der Waals surface area contributed by atoms with Crippen molar-refractivity contribution in [3.05, 3.63) is 42.0 Å². The fourth-order valence-electron chi connectivity index (χ4n) is 2.02. The first-order valence-electron chi connectivity index (χ1n) is 5.34. The van der Waals surface area contributed by atoms with Gasteiger partial charge in [-0.15, -0.1) is 0 Å². The smallest absolute Gasteiger partial charge is 0.00458 e. The monoisotopic (exact) mass is 187 g/mol. The minimum atomic E-state index is 0.711. The third-order valence-electron chi connectivity index (χ3n) is 3.00. The Balaban J connectivity index is 2.11. The van der Waals surface area contributed by atoms with Crippen molar-refractivity contribution in [3.8, 4) is 0 Å². The zero-order chi connectivity index (χ0) is 9.80. The van der Waals surface area contributed by atoms with E-state index in [2.05, 4.69) is 36.4 Å². The van der Waals surface area contributed by atoms with E-state index in [1.807, 2.05) is 0 Å². The molecule has 1 aromatic carbocycles. The molecule has 1 heteroatoms. The van der Waals surface area contributed by atoms with E-state index < -0.39 is 0 Å². The number of hydrogen-bond donors (Lipinski definition) is 1. The van der Waals surface area contributed by atoms with Crippen molar-refractivity contribution in [2.45, 2.75) is 19.3 Å². The summed E-state index contributed by atoms with van der Waals surface area (Å²) < 4.78 is 0. The third-order valence-corrected chi connectivity index (χ3v) is 3.00. The van der Waals surface area contributed by atoms with E-state index in [0.29, 0.717) is 5.92 Å². The second-order valence-corrected chi connectivity index (χ2v) is 3.97. The minimum Gasteiger partial charge on any atom is -0.330 e. The molecule has 74 valence electrons. The number of hydrogen-bond acceptors (Lipinski definition) is 1. The van der Waals surface area contributed by atoms with Gasteiger partial charge in [0.25, 0.3) is 0 Å². The molecule has 1 nitrogen and oxygen atoms in total. The van der Waals surface area contributed by atoms with Crippen molar-refractivity contribution >= 4 is 5.57 Å². The highest BCUT2D eigenvalue weighted by Gasteiger charge is 2.13. The highest BCUT2D eigenvalue weighted by Crippen LogP contribution is 2.29. The maximum Gasteiger partial charge on any atom is -0.00458 e. The van der Waals surface area contributed by atoms with Gasteiger partial charge in [0.2, 0.25) is 0 Å². The molecular formula is C13H17N. The summed E-state index contributed by atoms with van der Waals surface area (Å²) in [6.45, 7) is 0.832. The largest absolute Gasteiger partial charge is 0.330 e.